The Labute approximate surface area is 225 Å². The molecule has 5 rings (SSSR count). The highest BCUT2D eigenvalue weighted by Crippen LogP contribution is 2.33. The summed E-state index contributed by atoms with van der Waals surface area (Å²) < 4.78 is 32.5. The molecule has 39 heavy (non-hydrogen) atoms. The fraction of sp³-hybridized carbons (Fsp3) is 0.333. The number of amides is 2. The molecule has 1 aromatic heterocycles. The van der Waals surface area contributed by atoms with Gasteiger partial charge in [0.2, 0.25) is 5.75 Å². The molecule has 204 valence electrons. The smallest absolute Gasteiger partial charge is 0.315 e. The Bertz CT molecular complexity index is 1540. The van der Waals surface area contributed by atoms with E-state index in [4.69, 9.17) is 4.74 Å². The van der Waals surface area contributed by atoms with Gasteiger partial charge in [-0.05, 0) is 37.1 Å². The summed E-state index contributed by atoms with van der Waals surface area (Å²) in [5.41, 5.74) is -1.21. The zero-order chi connectivity index (χ0) is 27.6. The molecule has 2 amide bonds. The summed E-state index contributed by atoms with van der Waals surface area (Å²) in [6, 6.07) is 16.3. The fourth-order valence-electron chi connectivity index (χ4n) is 5.00. The second-order valence-corrected chi connectivity index (χ2v) is 11.5. The van der Waals surface area contributed by atoms with Crippen LogP contribution in [0, 0.1) is 0 Å². The van der Waals surface area contributed by atoms with Crippen molar-refractivity contribution in [2.75, 3.05) is 32.0 Å². The summed E-state index contributed by atoms with van der Waals surface area (Å²) in [5, 5.41) is 10.5. The van der Waals surface area contributed by atoms with E-state index in [1.807, 2.05) is 6.07 Å². The number of aromatic nitrogens is 2. The van der Waals surface area contributed by atoms with Crippen LogP contribution in [0.1, 0.15) is 35.2 Å². The molecule has 11 nitrogen and oxygen atoms in total. The van der Waals surface area contributed by atoms with Gasteiger partial charge in [-0.15, -0.1) is 0 Å². The van der Waals surface area contributed by atoms with Crippen LogP contribution >= 0.6 is 0 Å². The molecule has 1 N–H and O–H groups in total. The van der Waals surface area contributed by atoms with Crippen molar-refractivity contribution in [1.82, 2.24) is 19.4 Å². The molecular weight excluding hydrogens is 524 g/mol. The maximum absolute atomic E-state index is 13.4. The van der Waals surface area contributed by atoms with Gasteiger partial charge < -0.3 is 24.2 Å². The minimum Gasteiger partial charge on any atom is -0.501 e. The number of nitrogens with zero attached hydrogens (tertiary/aromatic N) is 4. The van der Waals surface area contributed by atoms with Crippen molar-refractivity contribution >= 4 is 21.7 Å². The lowest BCUT2D eigenvalue weighted by molar-refractivity contribution is -0.134. The number of para-hydroxylation sites is 1. The highest BCUT2D eigenvalue weighted by molar-refractivity contribution is 7.91. The zero-order valence-electron chi connectivity index (χ0n) is 21.1. The number of aromatic hydroxyl groups is 1. The van der Waals surface area contributed by atoms with Gasteiger partial charge in [0.25, 0.3) is 11.8 Å². The molecule has 0 radical (unpaired) electrons. The number of rotatable bonds is 8. The van der Waals surface area contributed by atoms with E-state index in [9.17, 15) is 27.9 Å². The Morgan fingerprint density at radius 3 is 2.41 bits per heavy atom. The number of fused-ring (bicyclic) bond motifs is 1. The summed E-state index contributed by atoms with van der Waals surface area (Å²) in [4.78, 5) is 46.2. The molecule has 1 saturated heterocycles. The Morgan fingerprint density at radius 2 is 1.69 bits per heavy atom. The van der Waals surface area contributed by atoms with Crippen LogP contribution in [0.5, 0.6) is 11.5 Å². The minimum absolute atomic E-state index is 0.105. The highest BCUT2D eigenvalue weighted by atomic mass is 32.2. The van der Waals surface area contributed by atoms with E-state index in [-0.39, 0.29) is 54.3 Å². The van der Waals surface area contributed by atoms with E-state index >= 15 is 0 Å². The molecule has 3 heterocycles. The van der Waals surface area contributed by atoms with E-state index in [0.29, 0.717) is 25.1 Å². The number of benzene rings is 2. The van der Waals surface area contributed by atoms with Crippen LogP contribution in [0.3, 0.4) is 0 Å². The van der Waals surface area contributed by atoms with Gasteiger partial charge in [-0.2, -0.15) is 4.98 Å². The normalized spacial score (nSPS) is 17.2. The first kappa shape index (κ1) is 26.4. The second kappa shape index (κ2) is 10.9. The van der Waals surface area contributed by atoms with Gasteiger partial charge in [0.1, 0.15) is 11.6 Å². The molecule has 0 unspecified atom stereocenters. The summed E-state index contributed by atoms with van der Waals surface area (Å²) >= 11 is 0. The Morgan fingerprint density at radius 1 is 1.00 bits per heavy atom. The number of hydrogen-bond acceptors (Lipinski definition) is 8. The average Bonchev–Trinajstić information content (AvgIpc) is 3.44. The molecule has 1 atom stereocenters. The predicted molar refractivity (Wildman–Crippen MR) is 140 cm³/mol. The van der Waals surface area contributed by atoms with Crippen molar-refractivity contribution in [2.24, 2.45) is 0 Å². The second-order valence-electron chi connectivity index (χ2n) is 9.40. The third-order valence-electron chi connectivity index (χ3n) is 6.98. The minimum atomic E-state index is -3.64. The Kier molecular flexibility index (Phi) is 7.38. The standard InChI is InChI=1S/C27H28N4O7S/c32-22(18-38-19-8-3-1-4-9-19)30-13-7-12-21(30)25-28-26(34)24(33)23-27(35)29(14-15-31(23)25)16-17-39(36,37)20-10-5-2-6-11-20/h1-6,8-11,21,33H,7,12-18H2/t21-/m0/s1. The van der Waals surface area contributed by atoms with Crippen molar-refractivity contribution in [3.8, 4) is 11.5 Å². The molecular formula is C27H28N4O7S. The lowest BCUT2D eigenvalue weighted by Gasteiger charge is -2.33. The third-order valence-corrected chi connectivity index (χ3v) is 8.69. The van der Waals surface area contributed by atoms with Crippen LogP contribution < -0.4 is 10.3 Å². The fourth-order valence-corrected chi connectivity index (χ4v) is 6.27. The van der Waals surface area contributed by atoms with Crippen molar-refractivity contribution in [3.05, 3.63) is 82.5 Å². The summed E-state index contributed by atoms with van der Waals surface area (Å²) in [6.07, 6.45) is 1.20. The third kappa shape index (κ3) is 5.37. The van der Waals surface area contributed by atoms with Crippen molar-refractivity contribution in [3.63, 3.8) is 0 Å². The number of hydrogen-bond donors (Lipinski definition) is 1. The Balaban J connectivity index is 1.36. The van der Waals surface area contributed by atoms with E-state index in [1.165, 1.54) is 21.6 Å². The van der Waals surface area contributed by atoms with Crippen molar-refractivity contribution in [2.45, 2.75) is 30.3 Å². The summed E-state index contributed by atoms with van der Waals surface area (Å²) in [6.45, 7) is 0.474. The van der Waals surface area contributed by atoms with Gasteiger partial charge in [-0.25, -0.2) is 8.42 Å². The number of sulfone groups is 1. The van der Waals surface area contributed by atoms with Crippen LogP contribution in [0.4, 0.5) is 0 Å². The maximum Gasteiger partial charge on any atom is 0.315 e. The number of ether oxygens (including phenoxy) is 1. The van der Waals surface area contributed by atoms with Crippen LogP contribution in [-0.2, 0) is 21.2 Å². The van der Waals surface area contributed by atoms with Gasteiger partial charge in [0, 0.05) is 26.2 Å². The molecule has 3 aromatic rings. The zero-order valence-corrected chi connectivity index (χ0v) is 21.9. The molecule has 0 aliphatic carbocycles. The van der Waals surface area contributed by atoms with Crippen LogP contribution in [0.15, 0.2) is 70.4 Å². The van der Waals surface area contributed by atoms with E-state index < -0.39 is 33.1 Å². The molecule has 2 aliphatic heterocycles. The first-order valence-corrected chi connectivity index (χ1v) is 14.3. The van der Waals surface area contributed by atoms with Gasteiger partial charge in [0.15, 0.2) is 22.1 Å². The highest BCUT2D eigenvalue weighted by Gasteiger charge is 2.38. The van der Waals surface area contributed by atoms with Gasteiger partial charge >= 0.3 is 5.56 Å². The monoisotopic (exact) mass is 552 g/mol. The quantitative estimate of drug-likeness (QED) is 0.445. The lowest BCUT2D eigenvalue weighted by Crippen LogP contribution is -2.46. The van der Waals surface area contributed by atoms with E-state index in [2.05, 4.69) is 4.98 Å². The largest absolute Gasteiger partial charge is 0.501 e. The lowest BCUT2D eigenvalue weighted by atomic mass is 10.1. The molecule has 2 aromatic carbocycles. The number of likely N-dealkylation sites (tertiary alicyclic amines) is 1. The van der Waals surface area contributed by atoms with Crippen LogP contribution in [0.2, 0.25) is 0 Å². The summed E-state index contributed by atoms with van der Waals surface area (Å²) in [7, 11) is -3.64. The summed E-state index contributed by atoms with van der Waals surface area (Å²) in [5.74, 6) is -1.26. The molecule has 0 bridgehead atoms. The van der Waals surface area contributed by atoms with E-state index in [0.717, 1.165) is 0 Å². The Hall–Kier alpha value is -4.19. The number of carbonyl (C=O) groups is 2. The first-order chi connectivity index (χ1) is 18.8. The maximum atomic E-state index is 13.4. The molecule has 1 fully saturated rings. The van der Waals surface area contributed by atoms with Crippen LogP contribution in [0.25, 0.3) is 0 Å². The van der Waals surface area contributed by atoms with Crippen LogP contribution in [-0.4, -0.2) is 76.7 Å². The van der Waals surface area contributed by atoms with E-state index in [1.54, 1.807) is 47.4 Å². The predicted octanol–water partition coefficient (Wildman–Crippen LogP) is 1.62. The SMILES string of the molecule is O=C1c2c(O)c(=O)nc([C@@H]3CCCN3C(=O)COc3ccccc3)n2CCN1CCS(=O)(=O)c1ccccc1. The average molecular weight is 553 g/mol. The molecule has 0 spiro atoms. The first-order valence-electron chi connectivity index (χ1n) is 12.6. The molecule has 12 heteroatoms. The van der Waals surface area contributed by atoms with Gasteiger partial charge in [0.05, 0.1) is 16.7 Å². The van der Waals surface area contributed by atoms with Crippen molar-refractivity contribution in [1.29, 1.82) is 0 Å². The van der Waals surface area contributed by atoms with Gasteiger partial charge in [-0.3, -0.25) is 14.4 Å². The van der Waals surface area contributed by atoms with Crippen molar-refractivity contribution < 1.29 is 27.9 Å². The number of carbonyl (C=O) groups excluding carboxylic acids is 2. The molecule has 0 saturated carbocycles. The topological polar surface area (TPSA) is 139 Å². The molecule has 2 aliphatic rings. The van der Waals surface area contributed by atoms with Gasteiger partial charge in [-0.1, -0.05) is 36.4 Å².